The van der Waals surface area contributed by atoms with Gasteiger partial charge in [-0.1, -0.05) is 17.4 Å². The monoisotopic (exact) mass is 416 g/mol. The van der Waals surface area contributed by atoms with Gasteiger partial charge < -0.3 is 11.5 Å². The Hall–Kier alpha value is -4.96. The van der Waals surface area contributed by atoms with Crippen LogP contribution in [0.4, 0.5) is 29.0 Å². The molecule has 17 nitrogen and oxygen atoms in total. The van der Waals surface area contributed by atoms with Crippen molar-refractivity contribution in [1.82, 2.24) is 26.1 Å². The van der Waals surface area contributed by atoms with Gasteiger partial charge in [0.15, 0.2) is 0 Å². The molecule has 0 aliphatic rings. The average molecular weight is 416 g/mol. The molecule has 0 aliphatic carbocycles. The first kappa shape index (κ1) is 19.8. The fraction of sp³-hybridized carbons (Fsp3) is 0.0769. The highest BCUT2D eigenvalue weighted by Crippen LogP contribution is 2.21. The van der Waals surface area contributed by atoms with Crippen LogP contribution in [0.5, 0.6) is 0 Å². The van der Waals surface area contributed by atoms with Crippen molar-refractivity contribution in [3.8, 4) is 0 Å². The quantitative estimate of drug-likeness (QED) is 0.193. The molecule has 1 aromatic carbocycles. The Labute approximate surface area is 165 Å². The van der Waals surface area contributed by atoms with Gasteiger partial charge in [-0.25, -0.2) is 19.7 Å². The lowest BCUT2D eigenvalue weighted by atomic mass is 10.2. The lowest BCUT2D eigenvalue weighted by Crippen LogP contribution is -2.32. The third-order valence-electron chi connectivity index (χ3n) is 3.30. The smallest absolute Gasteiger partial charge is 0.278 e. The molecule has 0 saturated heterocycles. The standard InChI is InChI=1S/C13H12N12O5/c14-10-12(21-29-19-10)18-23-24(13-11(15)20-30-22-13)6-9(26)17-16-5-7-3-1-2-4-8(7)25(27)28/h1-5H,6H2,(H2,14,19)(H2,15,20)(H,17,26). The van der Waals surface area contributed by atoms with Gasteiger partial charge in [-0.2, -0.15) is 5.10 Å². The molecule has 0 bridgehead atoms. The van der Waals surface area contributed by atoms with Gasteiger partial charge in [0.1, 0.15) is 6.54 Å². The van der Waals surface area contributed by atoms with Crippen molar-refractivity contribution in [2.24, 2.45) is 15.4 Å². The Morgan fingerprint density at radius 2 is 1.93 bits per heavy atom. The molecule has 1 amide bonds. The van der Waals surface area contributed by atoms with Crippen LogP contribution in [0, 0.1) is 10.1 Å². The molecule has 2 heterocycles. The first-order chi connectivity index (χ1) is 14.5. The van der Waals surface area contributed by atoms with Gasteiger partial charge in [0, 0.05) is 6.07 Å². The van der Waals surface area contributed by atoms with Crippen LogP contribution in [-0.2, 0) is 4.79 Å². The summed E-state index contributed by atoms with van der Waals surface area (Å²) in [6.07, 6.45) is 1.12. The van der Waals surface area contributed by atoms with E-state index >= 15 is 0 Å². The summed E-state index contributed by atoms with van der Waals surface area (Å²) in [5, 5.41) is 36.7. The number of benzene rings is 1. The van der Waals surface area contributed by atoms with Gasteiger partial charge in [-0.05, 0) is 26.7 Å². The van der Waals surface area contributed by atoms with Crippen LogP contribution < -0.4 is 21.9 Å². The number of para-hydroxylation sites is 1. The maximum absolute atomic E-state index is 12.2. The zero-order valence-corrected chi connectivity index (χ0v) is 14.8. The van der Waals surface area contributed by atoms with Crippen molar-refractivity contribution >= 4 is 41.1 Å². The van der Waals surface area contributed by atoms with E-state index in [0.717, 1.165) is 11.2 Å². The lowest BCUT2D eigenvalue weighted by Gasteiger charge is -2.12. The number of rotatable bonds is 8. The number of anilines is 3. The number of nitrogens with one attached hydrogen (secondary N) is 1. The molecule has 5 N–H and O–H groups in total. The molecule has 0 unspecified atom stereocenters. The van der Waals surface area contributed by atoms with Crippen LogP contribution in [0.25, 0.3) is 0 Å². The zero-order chi connectivity index (χ0) is 21.5. The van der Waals surface area contributed by atoms with Crippen molar-refractivity contribution in [2.75, 3.05) is 23.0 Å². The van der Waals surface area contributed by atoms with E-state index in [2.05, 4.69) is 50.7 Å². The van der Waals surface area contributed by atoms with Crippen LogP contribution in [0.3, 0.4) is 0 Å². The van der Waals surface area contributed by atoms with E-state index in [-0.39, 0.29) is 34.5 Å². The minimum Gasteiger partial charge on any atom is -0.378 e. The highest BCUT2D eigenvalue weighted by atomic mass is 16.6. The number of hydrogen-bond donors (Lipinski definition) is 3. The van der Waals surface area contributed by atoms with E-state index in [4.69, 9.17) is 11.5 Å². The number of hydrogen-bond acceptors (Lipinski definition) is 14. The van der Waals surface area contributed by atoms with Crippen LogP contribution >= 0.6 is 0 Å². The summed E-state index contributed by atoms with van der Waals surface area (Å²) < 4.78 is 8.86. The number of amides is 1. The molecule has 3 rings (SSSR count). The molecule has 17 heteroatoms. The number of nitro groups is 1. The molecule has 154 valence electrons. The van der Waals surface area contributed by atoms with Gasteiger partial charge >= 0.3 is 0 Å². The van der Waals surface area contributed by atoms with E-state index in [0.29, 0.717) is 0 Å². The van der Waals surface area contributed by atoms with Crippen LogP contribution in [0.2, 0.25) is 0 Å². The number of nitrogens with two attached hydrogens (primary N) is 2. The summed E-state index contributed by atoms with van der Waals surface area (Å²) in [6.45, 7) is -0.485. The maximum Gasteiger partial charge on any atom is 0.278 e. The first-order valence-electron chi connectivity index (χ1n) is 7.86. The molecule has 3 aromatic rings. The Morgan fingerprint density at radius 1 is 1.20 bits per heavy atom. The summed E-state index contributed by atoms with van der Waals surface area (Å²) >= 11 is 0. The van der Waals surface area contributed by atoms with E-state index in [9.17, 15) is 14.9 Å². The average Bonchev–Trinajstić information content (AvgIpc) is 3.33. The van der Waals surface area contributed by atoms with Gasteiger partial charge in [-0.15, -0.1) is 5.11 Å². The second-order valence-electron chi connectivity index (χ2n) is 5.30. The van der Waals surface area contributed by atoms with Gasteiger partial charge in [0.25, 0.3) is 17.4 Å². The summed E-state index contributed by atoms with van der Waals surface area (Å²) in [5.41, 5.74) is 13.3. The minimum atomic E-state index is -0.697. The molecule has 0 atom stereocenters. The Morgan fingerprint density at radius 3 is 2.60 bits per heavy atom. The molecule has 0 spiro atoms. The minimum absolute atomic E-state index is 0.119. The predicted molar refractivity (Wildman–Crippen MR) is 98.1 cm³/mol. The number of aromatic nitrogens is 4. The van der Waals surface area contributed by atoms with Crippen LogP contribution in [-0.4, -0.2) is 44.2 Å². The Balaban J connectivity index is 1.71. The highest BCUT2D eigenvalue weighted by molar-refractivity contribution is 5.87. The first-order valence-corrected chi connectivity index (χ1v) is 7.86. The van der Waals surface area contributed by atoms with Gasteiger partial charge in [0.2, 0.25) is 17.5 Å². The number of carbonyl (C=O) groups excluding carboxylic acids is 1. The van der Waals surface area contributed by atoms with E-state index in [1.54, 1.807) is 6.07 Å². The number of carbonyl (C=O) groups is 1. The number of nitrogen functional groups attached to an aromatic ring is 2. The number of nitro benzene ring substituents is 1. The fourth-order valence-corrected chi connectivity index (χ4v) is 1.98. The summed E-state index contributed by atoms with van der Waals surface area (Å²) in [7, 11) is 0. The molecule has 2 aromatic heterocycles. The van der Waals surface area contributed by atoms with Crippen molar-refractivity contribution in [1.29, 1.82) is 0 Å². The van der Waals surface area contributed by atoms with Crippen molar-refractivity contribution in [2.45, 2.75) is 0 Å². The third kappa shape index (κ3) is 4.65. The number of hydrazone groups is 1. The van der Waals surface area contributed by atoms with E-state index in [1.807, 2.05) is 0 Å². The fourth-order valence-electron chi connectivity index (χ4n) is 1.98. The summed E-state index contributed by atoms with van der Waals surface area (Å²) in [6, 6.07) is 5.86. The van der Waals surface area contributed by atoms with E-state index in [1.165, 1.54) is 18.2 Å². The number of nitrogens with zero attached hydrogens (tertiary/aromatic N) is 9. The van der Waals surface area contributed by atoms with E-state index < -0.39 is 17.4 Å². The highest BCUT2D eigenvalue weighted by Gasteiger charge is 2.19. The summed E-state index contributed by atoms with van der Waals surface area (Å²) in [5.74, 6) is -1.27. The molecule has 0 aliphatic heterocycles. The Kier molecular flexibility index (Phi) is 5.82. The SMILES string of the molecule is Nc1nonc1N=NN(CC(=O)NN=Cc1ccccc1[N+](=O)[O-])c1nonc1N. The molecule has 0 radical (unpaired) electrons. The Bertz CT molecular complexity index is 1110. The van der Waals surface area contributed by atoms with Crippen molar-refractivity contribution in [3.63, 3.8) is 0 Å². The molecule has 30 heavy (non-hydrogen) atoms. The zero-order valence-electron chi connectivity index (χ0n) is 14.8. The third-order valence-corrected chi connectivity index (χ3v) is 3.30. The van der Waals surface area contributed by atoms with Crippen LogP contribution in [0.15, 0.2) is 49.0 Å². The molecule has 0 fully saturated rings. The normalized spacial score (nSPS) is 11.2. The second kappa shape index (κ2) is 8.82. The van der Waals surface area contributed by atoms with Crippen molar-refractivity contribution < 1.29 is 19.0 Å². The van der Waals surface area contributed by atoms with Crippen molar-refractivity contribution in [3.05, 3.63) is 39.9 Å². The topological polar surface area (TPSA) is 242 Å². The lowest BCUT2D eigenvalue weighted by molar-refractivity contribution is -0.385. The molecular weight excluding hydrogens is 404 g/mol. The molecular formula is C13H12N12O5. The molecule has 0 saturated carbocycles. The second-order valence-corrected chi connectivity index (χ2v) is 5.30. The van der Waals surface area contributed by atoms with Crippen LogP contribution in [0.1, 0.15) is 5.56 Å². The van der Waals surface area contributed by atoms with Gasteiger partial charge in [0.05, 0.1) is 16.7 Å². The van der Waals surface area contributed by atoms with Gasteiger partial charge in [-0.3, -0.25) is 14.9 Å². The largest absolute Gasteiger partial charge is 0.378 e. The predicted octanol–water partition coefficient (Wildman–Crippen LogP) is 0.181. The summed E-state index contributed by atoms with van der Waals surface area (Å²) in [4.78, 5) is 22.6. The maximum atomic E-state index is 12.2.